The van der Waals surface area contributed by atoms with Gasteiger partial charge < -0.3 is 14.2 Å². The van der Waals surface area contributed by atoms with Crippen LogP contribution < -0.4 is 14.2 Å². The molecule has 1 aromatic rings. The SMILES string of the molecule is CC[C](C)OOC(=O)c1cc(OC)c(OC)c(OC)c1. The van der Waals surface area contributed by atoms with Crippen LogP contribution in [0.3, 0.4) is 0 Å². The predicted molar refractivity (Wildman–Crippen MR) is 71.8 cm³/mol. The zero-order chi connectivity index (χ0) is 15.1. The Morgan fingerprint density at radius 3 is 1.95 bits per heavy atom. The molecule has 0 amide bonds. The van der Waals surface area contributed by atoms with Gasteiger partial charge >= 0.3 is 5.97 Å². The zero-order valence-electron chi connectivity index (χ0n) is 12.3. The maximum atomic E-state index is 11.9. The van der Waals surface area contributed by atoms with Crippen LogP contribution in [0.25, 0.3) is 0 Å². The Kier molecular flexibility index (Phi) is 6.11. The molecule has 0 saturated carbocycles. The summed E-state index contributed by atoms with van der Waals surface area (Å²) in [5.74, 6) is 0.505. The summed E-state index contributed by atoms with van der Waals surface area (Å²) in [4.78, 5) is 21.5. The highest BCUT2D eigenvalue weighted by Crippen LogP contribution is 2.38. The molecule has 0 aromatic heterocycles. The van der Waals surface area contributed by atoms with Gasteiger partial charge in [0.15, 0.2) is 11.5 Å². The van der Waals surface area contributed by atoms with Crippen LogP contribution in [0.5, 0.6) is 17.2 Å². The number of hydrogen-bond acceptors (Lipinski definition) is 6. The number of carbonyl (C=O) groups excluding carboxylic acids is 1. The first kappa shape index (κ1) is 16.1. The largest absolute Gasteiger partial charge is 0.493 e. The van der Waals surface area contributed by atoms with Gasteiger partial charge in [0.25, 0.3) is 0 Å². The lowest BCUT2D eigenvalue weighted by Crippen LogP contribution is -2.09. The Morgan fingerprint density at radius 1 is 1.00 bits per heavy atom. The summed E-state index contributed by atoms with van der Waals surface area (Å²) in [7, 11) is 4.43. The van der Waals surface area contributed by atoms with Crippen molar-refractivity contribution in [3.8, 4) is 17.2 Å². The summed E-state index contributed by atoms with van der Waals surface area (Å²) in [5.41, 5.74) is 0.239. The van der Waals surface area contributed by atoms with Gasteiger partial charge in [-0.05, 0) is 25.5 Å². The van der Waals surface area contributed by atoms with Crippen LogP contribution in [0.1, 0.15) is 30.6 Å². The van der Waals surface area contributed by atoms with Crippen molar-refractivity contribution in [2.24, 2.45) is 0 Å². The molecule has 0 atom stereocenters. The average molecular weight is 283 g/mol. The zero-order valence-corrected chi connectivity index (χ0v) is 12.3. The first-order valence-electron chi connectivity index (χ1n) is 6.08. The summed E-state index contributed by atoms with van der Waals surface area (Å²) in [6.07, 6.45) is 1.26. The van der Waals surface area contributed by atoms with E-state index in [0.717, 1.165) is 0 Å². The highest BCUT2D eigenvalue weighted by Gasteiger charge is 2.19. The van der Waals surface area contributed by atoms with Crippen LogP contribution in [-0.4, -0.2) is 27.3 Å². The van der Waals surface area contributed by atoms with E-state index in [0.29, 0.717) is 29.8 Å². The van der Waals surface area contributed by atoms with Crippen molar-refractivity contribution in [3.05, 3.63) is 23.8 Å². The molecule has 0 saturated heterocycles. The number of rotatable bonds is 7. The fourth-order valence-electron chi connectivity index (χ4n) is 1.41. The maximum absolute atomic E-state index is 11.9. The third-order valence-electron chi connectivity index (χ3n) is 2.66. The minimum atomic E-state index is -0.642. The average Bonchev–Trinajstić information content (AvgIpc) is 2.50. The minimum Gasteiger partial charge on any atom is -0.493 e. The quantitative estimate of drug-likeness (QED) is 0.566. The molecule has 20 heavy (non-hydrogen) atoms. The molecule has 6 nitrogen and oxygen atoms in total. The predicted octanol–water partition coefficient (Wildman–Crippen LogP) is 2.76. The first-order chi connectivity index (χ1) is 9.57. The van der Waals surface area contributed by atoms with Crippen LogP contribution in [0.2, 0.25) is 0 Å². The van der Waals surface area contributed by atoms with Gasteiger partial charge in [0.2, 0.25) is 5.75 Å². The molecular weight excluding hydrogens is 264 g/mol. The normalized spacial score (nSPS) is 10.3. The van der Waals surface area contributed by atoms with Crippen molar-refractivity contribution in [2.45, 2.75) is 20.3 Å². The third kappa shape index (κ3) is 3.77. The standard InChI is InChI=1S/C14H19O6/c1-6-9(2)19-20-14(15)10-7-11(16-3)13(18-5)12(8-10)17-4/h7-8H,6H2,1-5H3. The summed E-state index contributed by atoms with van der Waals surface area (Å²) >= 11 is 0. The van der Waals surface area contributed by atoms with Crippen molar-refractivity contribution >= 4 is 5.97 Å². The molecule has 0 bridgehead atoms. The number of methoxy groups -OCH3 is 3. The Bertz CT molecular complexity index is 432. The van der Waals surface area contributed by atoms with Gasteiger partial charge in [-0.1, -0.05) is 6.92 Å². The van der Waals surface area contributed by atoms with Crippen molar-refractivity contribution in [1.29, 1.82) is 0 Å². The fraction of sp³-hybridized carbons (Fsp3) is 0.429. The van der Waals surface area contributed by atoms with E-state index in [9.17, 15) is 4.79 Å². The number of hydrogen-bond donors (Lipinski definition) is 0. The molecule has 0 unspecified atom stereocenters. The van der Waals surface area contributed by atoms with Gasteiger partial charge in [0, 0.05) is 0 Å². The van der Waals surface area contributed by atoms with Gasteiger partial charge in [-0.25, -0.2) is 4.79 Å². The molecule has 0 N–H and O–H groups in total. The molecular formula is C14H19O6. The van der Waals surface area contributed by atoms with E-state index >= 15 is 0 Å². The molecule has 0 fully saturated rings. The Morgan fingerprint density at radius 2 is 1.55 bits per heavy atom. The smallest absolute Gasteiger partial charge is 0.373 e. The van der Waals surface area contributed by atoms with Gasteiger partial charge in [-0.15, -0.1) is 0 Å². The summed E-state index contributed by atoms with van der Waals surface area (Å²) in [6.45, 7) is 3.62. The molecule has 1 aromatic carbocycles. The second kappa shape index (κ2) is 7.59. The second-order valence-electron chi connectivity index (χ2n) is 3.92. The molecule has 0 heterocycles. The lowest BCUT2D eigenvalue weighted by atomic mass is 10.2. The molecule has 1 rings (SSSR count). The molecule has 6 heteroatoms. The van der Waals surface area contributed by atoms with Gasteiger partial charge in [0.05, 0.1) is 26.9 Å². The Labute approximate surface area is 118 Å². The van der Waals surface area contributed by atoms with Crippen LogP contribution in [0, 0.1) is 6.10 Å². The highest BCUT2D eigenvalue weighted by atomic mass is 17.2. The van der Waals surface area contributed by atoms with Crippen molar-refractivity contribution in [2.75, 3.05) is 21.3 Å². The lowest BCUT2D eigenvalue weighted by Gasteiger charge is -2.13. The monoisotopic (exact) mass is 283 g/mol. The van der Waals surface area contributed by atoms with Crippen molar-refractivity contribution < 1.29 is 28.8 Å². The maximum Gasteiger partial charge on any atom is 0.373 e. The number of ether oxygens (including phenoxy) is 3. The van der Waals surface area contributed by atoms with E-state index in [1.807, 2.05) is 6.92 Å². The highest BCUT2D eigenvalue weighted by molar-refractivity contribution is 5.90. The Balaban J connectivity index is 2.97. The van der Waals surface area contributed by atoms with E-state index in [1.54, 1.807) is 6.92 Å². The van der Waals surface area contributed by atoms with E-state index in [2.05, 4.69) is 0 Å². The van der Waals surface area contributed by atoms with E-state index in [1.165, 1.54) is 33.5 Å². The third-order valence-corrected chi connectivity index (χ3v) is 2.66. The van der Waals surface area contributed by atoms with E-state index in [-0.39, 0.29) is 5.56 Å². The van der Waals surface area contributed by atoms with Crippen LogP contribution in [-0.2, 0) is 9.78 Å². The molecule has 0 aliphatic rings. The molecule has 0 aliphatic heterocycles. The summed E-state index contributed by atoms with van der Waals surface area (Å²) in [6, 6.07) is 2.99. The summed E-state index contributed by atoms with van der Waals surface area (Å²) < 4.78 is 15.5. The molecule has 0 aliphatic carbocycles. The molecule has 0 spiro atoms. The van der Waals surface area contributed by atoms with Crippen LogP contribution in [0.4, 0.5) is 0 Å². The molecule has 111 valence electrons. The second-order valence-corrected chi connectivity index (χ2v) is 3.92. The van der Waals surface area contributed by atoms with E-state index < -0.39 is 5.97 Å². The Hall–Kier alpha value is -1.95. The van der Waals surface area contributed by atoms with Gasteiger partial charge in [-0.3, -0.25) is 4.89 Å². The van der Waals surface area contributed by atoms with Gasteiger partial charge in [0.1, 0.15) is 6.10 Å². The number of benzene rings is 1. The van der Waals surface area contributed by atoms with Crippen molar-refractivity contribution in [1.82, 2.24) is 0 Å². The summed E-state index contributed by atoms with van der Waals surface area (Å²) in [5, 5.41) is 0. The molecule has 1 radical (unpaired) electrons. The minimum absolute atomic E-state index is 0.239. The first-order valence-corrected chi connectivity index (χ1v) is 6.08. The topological polar surface area (TPSA) is 63.2 Å². The van der Waals surface area contributed by atoms with Crippen LogP contribution >= 0.6 is 0 Å². The van der Waals surface area contributed by atoms with E-state index in [4.69, 9.17) is 24.0 Å². The number of carbonyl (C=O) groups is 1. The van der Waals surface area contributed by atoms with Crippen LogP contribution in [0.15, 0.2) is 12.1 Å². The van der Waals surface area contributed by atoms with Gasteiger partial charge in [-0.2, -0.15) is 4.89 Å². The fourth-order valence-corrected chi connectivity index (χ4v) is 1.41. The van der Waals surface area contributed by atoms with Crippen molar-refractivity contribution in [3.63, 3.8) is 0 Å². The lowest BCUT2D eigenvalue weighted by molar-refractivity contribution is -0.232.